The van der Waals surface area contributed by atoms with E-state index in [1.54, 1.807) is 12.1 Å². The fraction of sp³-hybridized carbons (Fsp3) is 0.444. The van der Waals surface area contributed by atoms with Gasteiger partial charge in [-0.25, -0.2) is 4.79 Å². The molecule has 2 amide bonds. The summed E-state index contributed by atoms with van der Waals surface area (Å²) >= 11 is 0. The fourth-order valence-electron chi connectivity index (χ4n) is 2.78. The maximum absolute atomic E-state index is 12.3. The van der Waals surface area contributed by atoms with Crippen LogP contribution >= 0.6 is 0 Å². The maximum atomic E-state index is 12.3. The summed E-state index contributed by atoms with van der Waals surface area (Å²) in [7, 11) is 0. The van der Waals surface area contributed by atoms with E-state index in [2.05, 4.69) is 5.32 Å². The minimum absolute atomic E-state index is 0.0690. The highest BCUT2D eigenvalue weighted by Crippen LogP contribution is 2.19. The standard InChI is InChI=1S/C18H24N2O4/c1-11(2)14(20(12(3)4)18(22)23)10-19-17(21)16-9-13-7-5-6-8-15(13)24-16/h5-9,11-12,14H,10H2,1-4H3,(H,19,21)(H,22,23)/t14-/m1/s1. The van der Waals surface area contributed by atoms with E-state index < -0.39 is 6.09 Å². The Labute approximate surface area is 141 Å². The first-order chi connectivity index (χ1) is 11.3. The Kier molecular flexibility index (Phi) is 5.49. The average molecular weight is 332 g/mol. The van der Waals surface area contributed by atoms with Crippen LogP contribution in [0.2, 0.25) is 0 Å². The predicted molar refractivity (Wildman–Crippen MR) is 92.2 cm³/mol. The zero-order valence-electron chi connectivity index (χ0n) is 14.4. The number of para-hydroxylation sites is 1. The minimum atomic E-state index is -0.985. The molecule has 0 saturated carbocycles. The van der Waals surface area contributed by atoms with E-state index in [4.69, 9.17) is 4.42 Å². The molecule has 1 heterocycles. The zero-order chi connectivity index (χ0) is 17.9. The molecular formula is C18H24N2O4. The molecule has 2 aromatic rings. The summed E-state index contributed by atoms with van der Waals surface area (Å²) in [6, 6.07) is 8.60. The van der Waals surface area contributed by atoms with Gasteiger partial charge in [0.05, 0.1) is 6.04 Å². The Morgan fingerprint density at radius 2 is 1.88 bits per heavy atom. The molecule has 1 aromatic carbocycles. The summed E-state index contributed by atoms with van der Waals surface area (Å²) in [5.74, 6) is -0.0458. The molecule has 0 spiro atoms. The van der Waals surface area contributed by atoms with Crippen LogP contribution in [0.4, 0.5) is 4.79 Å². The van der Waals surface area contributed by atoms with Crippen molar-refractivity contribution in [1.82, 2.24) is 10.2 Å². The van der Waals surface area contributed by atoms with Crippen molar-refractivity contribution < 1.29 is 19.1 Å². The molecule has 1 atom stereocenters. The lowest BCUT2D eigenvalue weighted by Crippen LogP contribution is -2.52. The number of furan rings is 1. The summed E-state index contributed by atoms with van der Waals surface area (Å²) < 4.78 is 5.54. The molecule has 0 aliphatic heterocycles. The van der Waals surface area contributed by atoms with E-state index in [-0.39, 0.29) is 36.2 Å². The van der Waals surface area contributed by atoms with Gasteiger partial charge >= 0.3 is 6.09 Å². The highest BCUT2D eigenvalue weighted by molar-refractivity contribution is 5.96. The minimum Gasteiger partial charge on any atom is -0.465 e. The van der Waals surface area contributed by atoms with Crippen LogP contribution < -0.4 is 5.32 Å². The van der Waals surface area contributed by atoms with Crippen molar-refractivity contribution in [2.45, 2.75) is 39.8 Å². The molecule has 0 saturated heterocycles. The third-order valence-electron chi connectivity index (χ3n) is 4.03. The molecule has 6 heteroatoms. The zero-order valence-corrected chi connectivity index (χ0v) is 14.4. The molecule has 2 N–H and O–H groups in total. The van der Waals surface area contributed by atoms with Crippen molar-refractivity contribution in [3.63, 3.8) is 0 Å². The first-order valence-electron chi connectivity index (χ1n) is 8.09. The van der Waals surface area contributed by atoms with E-state index in [9.17, 15) is 14.7 Å². The molecule has 24 heavy (non-hydrogen) atoms. The van der Waals surface area contributed by atoms with Gasteiger partial charge in [0.2, 0.25) is 0 Å². The Morgan fingerprint density at radius 1 is 1.21 bits per heavy atom. The van der Waals surface area contributed by atoms with Crippen LogP contribution in [-0.4, -0.2) is 40.6 Å². The molecule has 2 rings (SSSR count). The largest absolute Gasteiger partial charge is 0.465 e. The molecule has 130 valence electrons. The quantitative estimate of drug-likeness (QED) is 0.847. The number of nitrogens with zero attached hydrogens (tertiary/aromatic N) is 1. The van der Waals surface area contributed by atoms with E-state index >= 15 is 0 Å². The SMILES string of the molecule is CC(C)[C@@H](CNC(=O)c1cc2ccccc2o1)N(C(=O)O)C(C)C. The Hall–Kier alpha value is -2.50. The van der Waals surface area contributed by atoms with Gasteiger partial charge in [-0.15, -0.1) is 0 Å². The van der Waals surface area contributed by atoms with Crippen molar-refractivity contribution >= 4 is 23.0 Å². The number of hydrogen-bond donors (Lipinski definition) is 2. The first-order valence-corrected chi connectivity index (χ1v) is 8.09. The summed E-state index contributed by atoms with van der Waals surface area (Å²) in [5.41, 5.74) is 0.650. The second-order valence-electron chi connectivity index (χ2n) is 6.45. The Balaban J connectivity index is 2.10. The summed E-state index contributed by atoms with van der Waals surface area (Å²) in [4.78, 5) is 25.2. The monoisotopic (exact) mass is 332 g/mol. The van der Waals surface area contributed by atoms with Crippen molar-refractivity contribution in [1.29, 1.82) is 0 Å². The third-order valence-corrected chi connectivity index (χ3v) is 4.03. The summed E-state index contributed by atoms with van der Waals surface area (Å²) in [6.45, 7) is 7.76. The smallest absolute Gasteiger partial charge is 0.407 e. The van der Waals surface area contributed by atoms with Crippen molar-refractivity contribution in [3.05, 3.63) is 36.1 Å². The number of amides is 2. The van der Waals surface area contributed by atoms with Crippen LogP contribution in [0.1, 0.15) is 38.2 Å². The summed E-state index contributed by atoms with van der Waals surface area (Å²) in [6.07, 6.45) is -0.985. The van der Waals surface area contributed by atoms with Crippen LogP contribution in [-0.2, 0) is 0 Å². The molecule has 0 unspecified atom stereocenters. The van der Waals surface area contributed by atoms with E-state index in [1.165, 1.54) is 4.90 Å². The molecule has 0 aliphatic carbocycles. The van der Waals surface area contributed by atoms with Gasteiger partial charge in [0.1, 0.15) is 5.58 Å². The third kappa shape index (κ3) is 3.88. The number of rotatable bonds is 6. The van der Waals surface area contributed by atoms with Crippen LogP contribution in [0, 0.1) is 5.92 Å². The van der Waals surface area contributed by atoms with Gasteiger partial charge in [-0.1, -0.05) is 32.0 Å². The molecule has 0 fully saturated rings. The Morgan fingerprint density at radius 3 is 2.42 bits per heavy atom. The van der Waals surface area contributed by atoms with E-state index in [0.29, 0.717) is 5.58 Å². The topological polar surface area (TPSA) is 82.8 Å². The van der Waals surface area contributed by atoms with Gasteiger partial charge in [0.25, 0.3) is 5.91 Å². The van der Waals surface area contributed by atoms with Crippen molar-refractivity contribution in [3.8, 4) is 0 Å². The molecule has 0 bridgehead atoms. The number of hydrogen-bond acceptors (Lipinski definition) is 3. The number of benzene rings is 1. The summed E-state index contributed by atoms with van der Waals surface area (Å²) in [5, 5.41) is 13.1. The highest BCUT2D eigenvalue weighted by Gasteiger charge is 2.29. The van der Waals surface area contributed by atoms with Crippen molar-refractivity contribution in [2.75, 3.05) is 6.54 Å². The molecule has 0 aliphatic rings. The average Bonchev–Trinajstić information content (AvgIpc) is 2.93. The second-order valence-corrected chi connectivity index (χ2v) is 6.45. The van der Waals surface area contributed by atoms with Crippen LogP contribution in [0.3, 0.4) is 0 Å². The van der Waals surface area contributed by atoms with Gasteiger partial charge in [0.15, 0.2) is 5.76 Å². The maximum Gasteiger partial charge on any atom is 0.407 e. The fourth-order valence-corrected chi connectivity index (χ4v) is 2.78. The highest BCUT2D eigenvalue weighted by atomic mass is 16.4. The van der Waals surface area contributed by atoms with E-state index in [0.717, 1.165) is 5.39 Å². The first kappa shape index (κ1) is 17.8. The van der Waals surface area contributed by atoms with Gasteiger partial charge in [-0.2, -0.15) is 0 Å². The Bertz CT molecular complexity index is 688. The van der Waals surface area contributed by atoms with Gasteiger partial charge in [-0.3, -0.25) is 4.79 Å². The molecule has 1 aromatic heterocycles. The van der Waals surface area contributed by atoms with E-state index in [1.807, 2.05) is 45.9 Å². The lowest BCUT2D eigenvalue weighted by atomic mass is 10.0. The normalized spacial score (nSPS) is 12.6. The second kappa shape index (κ2) is 7.38. The van der Waals surface area contributed by atoms with Gasteiger partial charge in [-0.05, 0) is 31.9 Å². The number of carboxylic acid groups (broad SMARTS) is 1. The number of carbonyl (C=O) groups is 2. The number of carbonyl (C=O) groups excluding carboxylic acids is 1. The van der Waals surface area contributed by atoms with Crippen LogP contribution in [0.25, 0.3) is 11.0 Å². The number of nitrogens with one attached hydrogen (secondary N) is 1. The molecule has 0 radical (unpaired) electrons. The van der Waals surface area contributed by atoms with Gasteiger partial charge < -0.3 is 19.7 Å². The van der Waals surface area contributed by atoms with Crippen molar-refractivity contribution in [2.24, 2.45) is 5.92 Å². The van der Waals surface area contributed by atoms with Crippen LogP contribution in [0.15, 0.2) is 34.7 Å². The molecule has 6 nitrogen and oxygen atoms in total. The predicted octanol–water partition coefficient (Wildman–Crippen LogP) is 3.58. The lowest BCUT2D eigenvalue weighted by Gasteiger charge is -2.35. The van der Waals surface area contributed by atoms with Gasteiger partial charge in [0, 0.05) is 18.0 Å². The number of fused-ring (bicyclic) bond motifs is 1. The lowest BCUT2D eigenvalue weighted by molar-refractivity contribution is 0.0800. The van der Waals surface area contributed by atoms with Crippen LogP contribution in [0.5, 0.6) is 0 Å². The molecular weight excluding hydrogens is 308 g/mol.